The van der Waals surface area contributed by atoms with Gasteiger partial charge in [0.2, 0.25) is 0 Å². The highest BCUT2D eigenvalue weighted by Crippen LogP contribution is 2.21. The van der Waals surface area contributed by atoms with Crippen LogP contribution >= 0.6 is 15.9 Å². The van der Waals surface area contributed by atoms with E-state index in [-0.39, 0.29) is 12.1 Å². The lowest BCUT2D eigenvalue weighted by Crippen LogP contribution is -2.35. The van der Waals surface area contributed by atoms with Gasteiger partial charge in [-0.2, -0.15) is 0 Å². The van der Waals surface area contributed by atoms with E-state index in [1.807, 2.05) is 24.3 Å². The largest absolute Gasteiger partial charge is 0.449 e. The molecule has 1 unspecified atom stereocenters. The second kappa shape index (κ2) is 4.00. The van der Waals surface area contributed by atoms with Gasteiger partial charge in [-0.1, -0.05) is 28.1 Å². The molecule has 1 saturated heterocycles. The monoisotopic (exact) mass is 255 g/mol. The Balaban J connectivity index is 2.14. The number of amides is 1. The van der Waals surface area contributed by atoms with Crippen LogP contribution < -0.4 is 5.32 Å². The van der Waals surface area contributed by atoms with Gasteiger partial charge in [0.25, 0.3) is 0 Å². The van der Waals surface area contributed by atoms with Crippen molar-refractivity contribution < 1.29 is 9.53 Å². The number of cyclic esters (lactones) is 1. The summed E-state index contributed by atoms with van der Waals surface area (Å²) in [5.74, 6) is 0. The predicted molar refractivity (Wildman–Crippen MR) is 56.0 cm³/mol. The molecule has 0 bridgehead atoms. The molecule has 1 amide bonds. The summed E-state index contributed by atoms with van der Waals surface area (Å²) in [6.45, 7) is 0.493. The Morgan fingerprint density at radius 2 is 2.07 bits per heavy atom. The van der Waals surface area contributed by atoms with E-state index in [9.17, 15) is 4.79 Å². The van der Waals surface area contributed by atoms with Gasteiger partial charge in [-0.25, -0.2) is 4.79 Å². The standard InChI is InChI=1S/C10H10BrNO2/c11-8-3-1-7(2-4-8)9-5-6-14-10(13)12-9/h1-4,9H,5-6H2,(H,12,13). The summed E-state index contributed by atoms with van der Waals surface area (Å²) >= 11 is 3.37. The molecule has 14 heavy (non-hydrogen) atoms. The predicted octanol–water partition coefficient (Wildman–Crippen LogP) is 2.62. The molecule has 3 nitrogen and oxygen atoms in total. The molecular formula is C10H10BrNO2. The maximum Gasteiger partial charge on any atom is 0.407 e. The second-order valence-electron chi connectivity index (χ2n) is 3.17. The first-order chi connectivity index (χ1) is 6.75. The van der Waals surface area contributed by atoms with E-state index in [1.54, 1.807) is 0 Å². The minimum Gasteiger partial charge on any atom is -0.449 e. The maximum atomic E-state index is 11.0. The summed E-state index contributed by atoms with van der Waals surface area (Å²) in [6, 6.07) is 8.03. The molecule has 1 aliphatic heterocycles. The van der Waals surface area contributed by atoms with Gasteiger partial charge in [0.1, 0.15) is 0 Å². The van der Waals surface area contributed by atoms with Crippen molar-refractivity contribution in [3.05, 3.63) is 34.3 Å². The van der Waals surface area contributed by atoms with E-state index >= 15 is 0 Å². The minimum absolute atomic E-state index is 0.0874. The van der Waals surface area contributed by atoms with E-state index in [4.69, 9.17) is 4.74 Å². The van der Waals surface area contributed by atoms with Crippen molar-refractivity contribution in [2.24, 2.45) is 0 Å². The molecule has 1 heterocycles. The molecule has 1 atom stereocenters. The fourth-order valence-electron chi connectivity index (χ4n) is 1.47. The summed E-state index contributed by atoms with van der Waals surface area (Å²) < 4.78 is 5.84. The molecule has 0 radical (unpaired) electrons. The van der Waals surface area contributed by atoms with E-state index in [1.165, 1.54) is 0 Å². The number of alkyl carbamates (subject to hydrolysis) is 1. The highest BCUT2D eigenvalue weighted by molar-refractivity contribution is 9.10. The van der Waals surface area contributed by atoms with Crippen LogP contribution in [0.5, 0.6) is 0 Å². The van der Waals surface area contributed by atoms with E-state index < -0.39 is 0 Å². The molecule has 1 aliphatic rings. The van der Waals surface area contributed by atoms with Crippen LogP contribution in [0.2, 0.25) is 0 Å². The Bertz CT molecular complexity index is 336. The Morgan fingerprint density at radius 1 is 1.36 bits per heavy atom. The molecule has 0 spiro atoms. The Morgan fingerprint density at radius 3 is 2.71 bits per heavy atom. The van der Waals surface area contributed by atoms with Crippen LogP contribution in [0.4, 0.5) is 4.79 Å². The van der Waals surface area contributed by atoms with Crippen molar-refractivity contribution in [1.82, 2.24) is 5.32 Å². The molecule has 1 aromatic rings. The van der Waals surface area contributed by atoms with Crippen molar-refractivity contribution in [2.45, 2.75) is 12.5 Å². The van der Waals surface area contributed by atoms with Crippen LogP contribution in [0.15, 0.2) is 28.7 Å². The van der Waals surface area contributed by atoms with Crippen molar-refractivity contribution in [2.75, 3.05) is 6.61 Å². The molecule has 0 aliphatic carbocycles. The SMILES string of the molecule is O=C1NC(c2ccc(Br)cc2)CCO1. The molecule has 1 N–H and O–H groups in total. The molecule has 4 heteroatoms. The zero-order valence-electron chi connectivity index (χ0n) is 7.50. The molecule has 1 aromatic carbocycles. The van der Waals surface area contributed by atoms with E-state index in [2.05, 4.69) is 21.2 Å². The van der Waals surface area contributed by atoms with Gasteiger partial charge in [0.05, 0.1) is 12.6 Å². The van der Waals surface area contributed by atoms with E-state index in [0.717, 1.165) is 16.5 Å². The third kappa shape index (κ3) is 2.07. The normalized spacial score (nSPS) is 21.2. The molecule has 2 rings (SSSR count). The quantitative estimate of drug-likeness (QED) is 0.838. The lowest BCUT2D eigenvalue weighted by atomic mass is 10.0. The average molecular weight is 256 g/mol. The van der Waals surface area contributed by atoms with Crippen molar-refractivity contribution in [3.63, 3.8) is 0 Å². The molecule has 0 aromatic heterocycles. The van der Waals surface area contributed by atoms with Crippen molar-refractivity contribution in [1.29, 1.82) is 0 Å². The zero-order valence-corrected chi connectivity index (χ0v) is 9.08. The summed E-state index contributed by atoms with van der Waals surface area (Å²) in [7, 11) is 0. The van der Waals surface area contributed by atoms with Crippen LogP contribution in [0.1, 0.15) is 18.0 Å². The third-order valence-corrected chi connectivity index (χ3v) is 2.73. The zero-order chi connectivity index (χ0) is 9.97. The van der Waals surface area contributed by atoms with Gasteiger partial charge in [-0.3, -0.25) is 0 Å². The highest BCUT2D eigenvalue weighted by atomic mass is 79.9. The minimum atomic E-state index is -0.329. The number of halogens is 1. The first-order valence-electron chi connectivity index (χ1n) is 4.44. The molecular weight excluding hydrogens is 246 g/mol. The highest BCUT2D eigenvalue weighted by Gasteiger charge is 2.20. The number of ether oxygens (including phenoxy) is 1. The van der Waals surface area contributed by atoms with Crippen LogP contribution in [-0.2, 0) is 4.74 Å². The Labute approximate surface area is 90.6 Å². The van der Waals surface area contributed by atoms with Gasteiger partial charge in [-0.05, 0) is 17.7 Å². The number of nitrogens with one attached hydrogen (secondary N) is 1. The van der Waals surface area contributed by atoms with Crippen LogP contribution in [0.25, 0.3) is 0 Å². The number of carbonyl (C=O) groups is 1. The first-order valence-corrected chi connectivity index (χ1v) is 5.24. The van der Waals surface area contributed by atoms with Gasteiger partial charge in [-0.15, -0.1) is 0 Å². The van der Waals surface area contributed by atoms with Crippen LogP contribution in [0.3, 0.4) is 0 Å². The fraction of sp³-hybridized carbons (Fsp3) is 0.300. The van der Waals surface area contributed by atoms with Gasteiger partial charge >= 0.3 is 6.09 Å². The molecule has 0 saturated carbocycles. The van der Waals surface area contributed by atoms with E-state index in [0.29, 0.717) is 6.61 Å². The smallest absolute Gasteiger partial charge is 0.407 e. The van der Waals surface area contributed by atoms with Crippen LogP contribution in [0, 0.1) is 0 Å². The summed E-state index contributed by atoms with van der Waals surface area (Å²) in [4.78, 5) is 11.0. The van der Waals surface area contributed by atoms with Gasteiger partial charge < -0.3 is 10.1 Å². The number of hydrogen-bond acceptors (Lipinski definition) is 2. The number of carbonyl (C=O) groups excluding carboxylic acids is 1. The lowest BCUT2D eigenvalue weighted by Gasteiger charge is -2.23. The van der Waals surface area contributed by atoms with Crippen molar-refractivity contribution in [3.8, 4) is 0 Å². The Kier molecular flexibility index (Phi) is 2.72. The van der Waals surface area contributed by atoms with Gasteiger partial charge in [0, 0.05) is 10.9 Å². The maximum absolute atomic E-state index is 11.0. The topological polar surface area (TPSA) is 38.3 Å². The van der Waals surface area contributed by atoms with Crippen molar-refractivity contribution >= 4 is 22.0 Å². The molecule has 1 fully saturated rings. The first kappa shape index (κ1) is 9.52. The third-order valence-electron chi connectivity index (χ3n) is 2.20. The average Bonchev–Trinajstić information content (AvgIpc) is 2.19. The lowest BCUT2D eigenvalue weighted by molar-refractivity contribution is 0.115. The van der Waals surface area contributed by atoms with Crippen LogP contribution in [-0.4, -0.2) is 12.7 Å². The Hall–Kier alpha value is -1.03. The number of rotatable bonds is 1. The summed E-state index contributed by atoms with van der Waals surface area (Å²) in [6.07, 6.45) is 0.497. The fourth-order valence-corrected chi connectivity index (χ4v) is 1.73. The molecule has 74 valence electrons. The second-order valence-corrected chi connectivity index (χ2v) is 4.09. The number of benzene rings is 1. The van der Waals surface area contributed by atoms with Gasteiger partial charge in [0.15, 0.2) is 0 Å². The summed E-state index contributed by atoms with van der Waals surface area (Å²) in [5, 5.41) is 2.78. The number of hydrogen-bond donors (Lipinski definition) is 1. The summed E-state index contributed by atoms with van der Waals surface area (Å²) in [5.41, 5.74) is 1.12.